The Labute approximate surface area is 129 Å². The number of halogens is 1. The van der Waals surface area contributed by atoms with Gasteiger partial charge in [0, 0.05) is 24.3 Å². The van der Waals surface area contributed by atoms with Gasteiger partial charge in [-0.3, -0.25) is 5.84 Å². The molecule has 0 amide bonds. The fourth-order valence-corrected chi connectivity index (χ4v) is 3.12. The van der Waals surface area contributed by atoms with E-state index in [1.807, 2.05) is 0 Å². The molecule has 0 saturated carbocycles. The second-order valence-corrected chi connectivity index (χ2v) is 7.04. The Bertz CT molecular complexity index is 700. The highest BCUT2D eigenvalue weighted by Crippen LogP contribution is 2.19. The second kappa shape index (κ2) is 6.44. The van der Waals surface area contributed by atoms with Gasteiger partial charge in [0.15, 0.2) is 0 Å². The van der Waals surface area contributed by atoms with Crippen LogP contribution in [0.2, 0.25) is 5.02 Å². The molecule has 0 fully saturated rings. The van der Waals surface area contributed by atoms with Gasteiger partial charge in [0.05, 0.1) is 4.90 Å². The van der Waals surface area contributed by atoms with Gasteiger partial charge in [0.2, 0.25) is 10.0 Å². The van der Waals surface area contributed by atoms with Gasteiger partial charge >= 0.3 is 0 Å². The zero-order valence-corrected chi connectivity index (χ0v) is 13.0. The standard InChI is InChI=1S/C14H16ClN3O2S/c1-18(10-11-2-4-12(15)5-3-11)21(19,20)14-8-6-13(17-16)7-9-14/h2-9,17H,10,16H2,1H3. The SMILES string of the molecule is CN(Cc1ccc(Cl)cc1)S(=O)(=O)c1ccc(NN)cc1. The van der Waals surface area contributed by atoms with E-state index < -0.39 is 10.0 Å². The quantitative estimate of drug-likeness (QED) is 0.654. The third-order valence-electron chi connectivity index (χ3n) is 3.05. The van der Waals surface area contributed by atoms with Crippen molar-refractivity contribution < 1.29 is 8.42 Å². The van der Waals surface area contributed by atoms with Crippen molar-refractivity contribution in [1.82, 2.24) is 4.31 Å². The van der Waals surface area contributed by atoms with Crippen LogP contribution in [0.3, 0.4) is 0 Å². The first-order valence-corrected chi connectivity index (χ1v) is 8.03. The molecule has 21 heavy (non-hydrogen) atoms. The van der Waals surface area contributed by atoms with E-state index in [1.165, 1.54) is 16.4 Å². The molecule has 0 atom stereocenters. The van der Waals surface area contributed by atoms with Gasteiger partial charge in [0.1, 0.15) is 0 Å². The van der Waals surface area contributed by atoms with Crippen LogP contribution < -0.4 is 11.3 Å². The summed E-state index contributed by atoms with van der Waals surface area (Å²) in [6, 6.07) is 13.3. The first-order valence-electron chi connectivity index (χ1n) is 6.21. The van der Waals surface area contributed by atoms with E-state index in [0.717, 1.165) is 5.56 Å². The van der Waals surface area contributed by atoms with E-state index in [9.17, 15) is 8.42 Å². The molecule has 2 aromatic carbocycles. The monoisotopic (exact) mass is 325 g/mol. The largest absolute Gasteiger partial charge is 0.324 e. The smallest absolute Gasteiger partial charge is 0.243 e. The number of anilines is 1. The van der Waals surface area contributed by atoms with Crippen molar-refractivity contribution in [2.24, 2.45) is 5.84 Å². The molecule has 0 heterocycles. The zero-order chi connectivity index (χ0) is 15.5. The summed E-state index contributed by atoms with van der Waals surface area (Å²) >= 11 is 5.81. The summed E-state index contributed by atoms with van der Waals surface area (Å²) < 4.78 is 26.2. The molecule has 2 aromatic rings. The Kier molecular flexibility index (Phi) is 4.84. The predicted octanol–water partition coefficient (Wildman–Crippen LogP) is 2.45. The lowest BCUT2D eigenvalue weighted by atomic mass is 10.2. The highest BCUT2D eigenvalue weighted by atomic mass is 35.5. The van der Waals surface area contributed by atoms with Crippen LogP contribution in [0.1, 0.15) is 5.56 Å². The van der Waals surface area contributed by atoms with E-state index in [0.29, 0.717) is 10.7 Å². The Morgan fingerprint density at radius 1 is 1.10 bits per heavy atom. The summed E-state index contributed by atoms with van der Waals surface area (Å²) in [7, 11) is -2.00. The normalized spacial score (nSPS) is 11.6. The van der Waals surface area contributed by atoms with Crippen LogP contribution in [0.15, 0.2) is 53.4 Å². The van der Waals surface area contributed by atoms with Crippen LogP contribution in [0.4, 0.5) is 5.69 Å². The van der Waals surface area contributed by atoms with Gasteiger partial charge < -0.3 is 5.43 Å². The van der Waals surface area contributed by atoms with Crippen LogP contribution in [0, 0.1) is 0 Å². The number of hydrazine groups is 1. The Balaban J connectivity index is 2.19. The fraction of sp³-hybridized carbons (Fsp3) is 0.143. The zero-order valence-electron chi connectivity index (χ0n) is 11.5. The number of benzene rings is 2. The minimum absolute atomic E-state index is 0.220. The summed E-state index contributed by atoms with van der Waals surface area (Å²) in [5.74, 6) is 5.26. The number of nitrogens with one attached hydrogen (secondary N) is 1. The lowest BCUT2D eigenvalue weighted by Gasteiger charge is -2.17. The molecule has 7 heteroatoms. The average molecular weight is 326 g/mol. The molecular weight excluding hydrogens is 310 g/mol. The van der Waals surface area contributed by atoms with E-state index in [4.69, 9.17) is 17.4 Å². The molecule has 0 unspecified atom stereocenters. The number of hydrogen-bond donors (Lipinski definition) is 2. The topological polar surface area (TPSA) is 75.4 Å². The van der Waals surface area contributed by atoms with Crippen LogP contribution in [-0.4, -0.2) is 19.8 Å². The van der Waals surface area contributed by atoms with E-state index in [1.54, 1.807) is 43.4 Å². The summed E-state index contributed by atoms with van der Waals surface area (Å²) in [5, 5.41) is 0.620. The van der Waals surface area contributed by atoms with E-state index in [2.05, 4.69) is 5.43 Å². The molecule has 0 spiro atoms. The minimum atomic E-state index is -3.54. The molecule has 0 bridgehead atoms. The number of hydrogen-bond acceptors (Lipinski definition) is 4. The number of rotatable bonds is 5. The maximum absolute atomic E-state index is 12.5. The number of nitrogens with two attached hydrogens (primary N) is 1. The van der Waals surface area contributed by atoms with Crippen molar-refractivity contribution in [2.75, 3.05) is 12.5 Å². The average Bonchev–Trinajstić information content (AvgIpc) is 2.49. The lowest BCUT2D eigenvalue weighted by Crippen LogP contribution is -2.26. The van der Waals surface area contributed by atoms with Crippen molar-refractivity contribution in [3.8, 4) is 0 Å². The van der Waals surface area contributed by atoms with Crippen LogP contribution in [0.5, 0.6) is 0 Å². The third kappa shape index (κ3) is 3.74. The van der Waals surface area contributed by atoms with Crippen LogP contribution in [0.25, 0.3) is 0 Å². The van der Waals surface area contributed by atoms with Crippen LogP contribution in [-0.2, 0) is 16.6 Å². The Hall–Kier alpha value is -1.60. The summed E-state index contributed by atoms with van der Waals surface area (Å²) in [6.45, 7) is 0.274. The molecule has 0 aliphatic heterocycles. The Morgan fingerprint density at radius 3 is 2.19 bits per heavy atom. The van der Waals surface area contributed by atoms with Gasteiger partial charge in [-0.2, -0.15) is 4.31 Å². The second-order valence-electron chi connectivity index (χ2n) is 4.56. The third-order valence-corrected chi connectivity index (χ3v) is 5.12. The molecule has 0 aliphatic rings. The van der Waals surface area contributed by atoms with Gasteiger partial charge in [-0.1, -0.05) is 23.7 Å². The minimum Gasteiger partial charge on any atom is -0.324 e. The van der Waals surface area contributed by atoms with Crippen molar-refractivity contribution >= 4 is 27.3 Å². The molecule has 112 valence electrons. The maximum Gasteiger partial charge on any atom is 0.243 e. The van der Waals surface area contributed by atoms with Crippen molar-refractivity contribution in [3.63, 3.8) is 0 Å². The molecule has 0 radical (unpaired) electrons. The van der Waals surface area contributed by atoms with Gasteiger partial charge in [-0.15, -0.1) is 0 Å². The maximum atomic E-state index is 12.5. The lowest BCUT2D eigenvalue weighted by molar-refractivity contribution is 0.467. The van der Waals surface area contributed by atoms with E-state index >= 15 is 0 Å². The highest BCUT2D eigenvalue weighted by Gasteiger charge is 2.20. The predicted molar refractivity (Wildman–Crippen MR) is 84.4 cm³/mol. The molecule has 2 rings (SSSR count). The fourth-order valence-electron chi connectivity index (χ4n) is 1.83. The number of nitrogens with zero attached hydrogens (tertiary/aromatic N) is 1. The molecule has 5 nitrogen and oxygen atoms in total. The summed E-state index contributed by atoms with van der Waals surface area (Å²) in [4.78, 5) is 0.220. The highest BCUT2D eigenvalue weighted by molar-refractivity contribution is 7.89. The summed E-state index contributed by atoms with van der Waals surface area (Å²) in [6.07, 6.45) is 0. The molecule has 0 aromatic heterocycles. The number of sulfonamides is 1. The van der Waals surface area contributed by atoms with Crippen LogP contribution >= 0.6 is 11.6 Å². The first-order chi connectivity index (χ1) is 9.93. The van der Waals surface area contributed by atoms with Crippen molar-refractivity contribution in [2.45, 2.75) is 11.4 Å². The number of nitrogen functional groups attached to an aromatic ring is 1. The molecule has 3 N–H and O–H groups in total. The molecule has 0 saturated heterocycles. The van der Waals surface area contributed by atoms with Crippen molar-refractivity contribution in [1.29, 1.82) is 0 Å². The molecule has 0 aliphatic carbocycles. The Morgan fingerprint density at radius 2 is 1.67 bits per heavy atom. The molecular formula is C14H16ClN3O2S. The first kappa shape index (κ1) is 15.8. The summed E-state index contributed by atoms with van der Waals surface area (Å²) in [5.41, 5.74) is 3.97. The van der Waals surface area contributed by atoms with Gasteiger partial charge in [-0.05, 0) is 42.0 Å². The van der Waals surface area contributed by atoms with Gasteiger partial charge in [-0.25, -0.2) is 8.42 Å². The van der Waals surface area contributed by atoms with Crippen molar-refractivity contribution in [3.05, 3.63) is 59.1 Å². The van der Waals surface area contributed by atoms with Gasteiger partial charge in [0.25, 0.3) is 0 Å². The van der Waals surface area contributed by atoms with E-state index in [-0.39, 0.29) is 11.4 Å².